The van der Waals surface area contributed by atoms with E-state index in [-0.39, 0.29) is 0 Å². The monoisotopic (exact) mass is 188 g/mol. The molecular weight excluding hydrogens is 176 g/mol. The summed E-state index contributed by atoms with van der Waals surface area (Å²) in [5.41, 5.74) is 1.70. The van der Waals surface area contributed by atoms with Gasteiger partial charge < -0.3 is 5.32 Å². The van der Waals surface area contributed by atoms with Crippen LogP contribution in [-0.2, 0) is 0 Å². The maximum atomic E-state index is 4.33. The van der Waals surface area contributed by atoms with Crippen molar-refractivity contribution in [2.75, 3.05) is 11.9 Å². The molecule has 0 aliphatic heterocycles. The van der Waals surface area contributed by atoms with Crippen LogP contribution in [-0.4, -0.2) is 21.5 Å². The van der Waals surface area contributed by atoms with Gasteiger partial charge in [0, 0.05) is 18.1 Å². The van der Waals surface area contributed by atoms with E-state index in [9.17, 15) is 0 Å². The number of hydrogen-bond acceptors (Lipinski definition) is 4. The zero-order valence-corrected chi connectivity index (χ0v) is 8.28. The van der Waals surface area contributed by atoms with Gasteiger partial charge in [0.15, 0.2) is 5.65 Å². The highest BCUT2D eigenvalue weighted by atomic mass is 15.1. The van der Waals surface area contributed by atoms with E-state index in [0.717, 1.165) is 23.3 Å². The molecule has 2 aromatic rings. The lowest BCUT2D eigenvalue weighted by atomic mass is 10.2. The predicted molar refractivity (Wildman–Crippen MR) is 56.2 cm³/mol. The largest absolute Gasteiger partial charge is 0.354 e. The molecule has 0 atom stereocenters. The summed E-state index contributed by atoms with van der Waals surface area (Å²) >= 11 is 0. The average Bonchev–Trinajstić information content (AvgIpc) is 2.18. The molecule has 0 saturated heterocycles. The molecule has 0 saturated carbocycles. The van der Waals surface area contributed by atoms with E-state index >= 15 is 0 Å². The van der Waals surface area contributed by atoms with Crippen LogP contribution in [0.2, 0.25) is 0 Å². The Morgan fingerprint density at radius 1 is 1.36 bits per heavy atom. The van der Waals surface area contributed by atoms with E-state index in [4.69, 9.17) is 0 Å². The molecule has 4 nitrogen and oxygen atoms in total. The molecular formula is C10H12N4. The Bertz CT molecular complexity index is 453. The molecule has 0 aliphatic carbocycles. The molecule has 0 unspecified atom stereocenters. The van der Waals surface area contributed by atoms with Crippen molar-refractivity contribution in [2.24, 2.45) is 0 Å². The Labute approximate surface area is 82.4 Å². The second-order valence-electron chi connectivity index (χ2n) is 3.04. The first kappa shape index (κ1) is 8.87. The molecule has 0 amide bonds. The molecule has 0 radical (unpaired) electrons. The van der Waals surface area contributed by atoms with E-state index in [1.807, 2.05) is 26.0 Å². The van der Waals surface area contributed by atoms with Crippen molar-refractivity contribution in [2.45, 2.75) is 13.8 Å². The minimum atomic E-state index is 0.649. The number of fused-ring (bicyclic) bond motifs is 1. The van der Waals surface area contributed by atoms with Crippen molar-refractivity contribution in [1.29, 1.82) is 0 Å². The average molecular weight is 188 g/mol. The summed E-state index contributed by atoms with van der Waals surface area (Å²) in [6, 6.07) is 3.87. The van der Waals surface area contributed by atoms with Crippen LogP contribution in [0.3, 0.4) is 0 Å². The Hall–Kier alpha value is -1.71. The standard InChI is InChI=1S/C10H12N4/c1-3-11-10-13-7(2)8-5-4-6-12-9(8)14-10/h4-6H,3H2,1-2H3,(H,11,12,13,14). The molecule has 72 valence electrons. The Kier molecular flexibility index (Phi) is 2.26. The van der Waals surface area contributed by atoms with Gasteiger partial charge >= 0.3 is 0 Å². The molecule has 0 spiro atoms. The minimum absolute atomic E-state index is 0.649. The first-order chi connectivity index (χ1) is 6.81. The summed E-state index contributed by atoms with van der Waals surface area (Å²) in [5, 5.41) is 4.09. The molecule has 2 heterocycles. The molecule has 2 aromatic heterocycles. The molecule has 0 aromatic carbocycles. The van der Waals surface area contributed by atoms with E-state index in [0.29, 0.717) is 5.95 Å². The van der Waals surface area contributed by atoms with Gasteiger partial charge in [0.1, 0.15) is 0 Å². The number of nitrogens with zero attached hydrogens (tertiary/aromatic N) is 3. The number of aromatic nitrogens is 3. The van der Waals surface area contributed by atoms with Crippen molar-refractivity contribution in [3.8, 4) is 0 Å². The normalized spacial score (nSPS) is 10.4. The smallest absolute Gasteiger partial charge is 0.224 e. The second kappa shape index (κ2) is 3.57. The van der Waals surface area contributed by atoms with Gasteiger partial charge in [-0.2, -0.15) is 4.98 Å². The number of anilines is 1. The van der Waals surface area contributed by atoms with Crippen LogP contribution in [0.4, 0.5) is 5.95 Å². The van der Waals surface area contributed by atoms with Gasteiger partial charge in [-0.3, -0.25) is 0 Å². The fourth-order valence-corrected chi connectivity index (χ4v) is 1.35. The molecule has 2 rings (SSSR count). The molecule has 0 fully saturated rings. The van der Waals surface area contributed by atoms with Gasteiger partial charge in [-0.15, -0.1) is 0 Å². The lowest BCUT2D eigenvalue weighted by molar-refractivity contribution is 1.07. The van der Waals surface area contributed by atoms with Crippen molar-refractivity contribution in [3.63, 3.8) is 0 Å². The van der Waals surface area contributed by atoms with E-state index in [1.165, 1.54) is 0 Å². The highest BCUT2D eigenvalue weighted by molar-refractivity contribution is 5.77. The maximum Gasteiger partial charge on any atom is 0.224 e. The Morgan fingerprint density at radius 3 is 3.00 bits per heavy atom. The Morgan fingerprint density at radius 2 is 2.21 bits per heavy atom. The van der Waals surface area contributed by atoms with Crippen LogP contribution in [0.25, 0.3) is 11.0 Å². The number of aryl methyl sites for hydroxylation is 1. The first-order valence-corrected chi connectivity index (χ1v) is 4.64. The lowest BCUT2D eigenvalue weighted by Gasteiger charge is -2.04. The number of hydrogen-bond donors (Lipinski definition) is 1. The Balaban J connectivity index is 2.60. The fourth-order valence-electron chi connectivity index (χ4n) is 1.35. The van der Waals surface area contributed by atoms with Gasteiger partial charge in [-0.05, 0) is 26.0 Å². The summed E-state index contributed by atoms with van der Waals surface area (Å²) in [6.07, 6.45) is 1.74. The van der Waals surface area contributed by atoms with E-state index in [1.54, 1.807) is 6.20 Å². The molecule has 1 N–H and O–H groups in total. The maximum absolute atomic E-state index is 4.33. The summed E-state index contributed by atoms with van der Waals surface area (Å²) in [5.74, 6) is 0.649. The van der Waals surface area contributed by atoms with Gasteiger partial charge in [0.05, 0.1) is 5.69 Å². The summed E-state index contributed by atoms with van der Waals surface area (Å²) in [7, 11) is 0. The molecule has 0 bridgehead atoms. The predicted octanol–water partition coefficient (Wildman–Crippen LogP) is 1.77. The topological polar surface area (TPSA) is 50.7 Å². The highest BCUT2D eigenvalue weighted by Gasteiger charge is 2.02. The molecule has 0 aliphatic rings. The van der Waals surface area contributed by atoms with Gasteiger partial charge in [-0.1, -0.05) is 0 Å². The minimum Gasteiger partial charge on any atom is -0.354 e. The summed E-state index contributed by atoms with van der Waals surface area (Å²) < 4.78 is 0. The summed E-state index contributed by atoms with van der Waals surface area (Å²) in [4.78, 5) is 12.8. The first-order valence-electron chi connectivity index (χ1n) is 4.64. The van der Waals surface area contributed by atoms with Crippen LogP contribution in [0, 0.1) is 6.92 Å². The van der Waals surface area contributed by atoms with E-state index < -0.39 is 0 Å². The van der Waals surface area contributed by atoms with Crippen LogP contribution < -0.4 is 5.32 Å². The SMILES string of the molecule is CCNc1nc(C)c2cccnc2n1. The van der Waals surface area contributed by atoms with Gasteiger partial charge in [-0.25, -0.2) is 9.97 Å². The zero-order chi connectivity index (χ0) is 9.97. The zero-order valence-electron chi connectivity index (χ0n) is 8.28. The molecule has 4 heteroatoms. The lowest BCUT2D eigenvalue weighted by Crippen LogP contribution is -2.03. The third-order valence-corrected chi connectivity index (χ3v) is 2.00. The third-order valence-electron chi connectivity index (χ3n) is 2.00. The van der Waals surface area contributed by atoms with Crippen LogP contribution in [0.5, 0.6) is 0 Å². The fraction of sp³-hybridized carbons (Fsp3) is 0.300. The van der Waals surface area contributed by atoms with Crippen molar-refractivity contribution in [3.05, 3.63) is 24.0 Å². The van der Waals surface area contributed by atoms with Crippen LogP contribution in [0.1, 0.15) is 12.6 Å². The molecule has 14 heavy (non-hydrogen) atoms. The van der Waals surface area contributed by atoms with E-state index in [2.05, 4.69) is 20.3 Å². The third kappa shape index (κ3) is 1.51. The van der Waals surface area contributed by atoms with Crippen molar-refractivity contribution >= 4 is 17.0 Å². The van der Waals surface area contributed by atoms with Gasteiger partial charge in [0.2, 0.25) is 5.95 Å². The number of nitrogens with one attached hydrogen (secondary N) is 1. The van der Waals surface area contributed by atoms with Crippen molar-refractivity contribution < 1.29 is 0 Å². The second-order valence-corrected chi connectivity index (χ2v) is 3.04. The summed E-state index contributed by atoms with van der Waals surface area (Å²) in [6.45, 7) is 4.80. The van der Waals surface area contributed by atoms with Gasteiger partial charge in [0.25, 0.3) is 0 Å². The highest BCUT2D eigenvalue weighted by Crippen LogP contribution is 2.13. The van der Waals surface area contributed by atoms with Crippen molar-refractivity contribution in [1.82, 2.24) is 15.0 Å². The van der Waals surface area contributed by atoms with Crippen LogP contribution in [0.15, 0.2) is 18.3 Å². The number of rotatable bonds is 2. The number of pyridine rings is 1. The quantitative estimate of drug-likeness (QED) is 0.780. The van der Waals surface area contributed by atoms with Crippen LogP contribution >= 0.6 is 0 Å².